The number of amides is 1. The molecule has 0 aromatic carbocycles. The topological polar surface area (TPSA) is 105 Å². The summed E-state index contributed by atoms with van der Waals surface area (Å²) in [6, 6.07) is -0.433. The summed E-state index contributed by atoms with van der Waals surface area (Å²) in [7, 11) is 1.68. The molecule has 0 aliphatic carbocycles. The van der Waals surface area contributed by atoms with E-state index in [1.165, 1.54) is 18.7 Å². The maximum atomic E-state index is 12.4. The first-order valence-corrected chi connectivity index (χ1v) is 6.99. The van der Waals surface area contributed by atoms with Crippen molar-refractivity contribution in [3.8, 4) is 0 Å². The van der Waals surface area contributed by atoms with Crippen molar-refractivity contribution in [2.24, 2.45) is 10.7 Å². The lowest BCUT2D eigenvalue weighted by atomic mass is 10.1. The Balaban J connectivity index is 4.64. The Labute approximate surface area is 126 Å². The minimum atomic E-state index is -0.433. The molecule has 0 unspecified atom stereocenters. The van der Waals surface area contributed by atoms with E-state index in [-0.39, 0.29) is 30.6 Å². The first-order valence-electron chi connectivity index (χ1n) is 6.99. The third-order valence-electron chi connectivity index (χ3n) is 2.80. The fourth-order valence-corrected chi connectivity index (χ4v) is 1.91. The number of Topliss-reactive ketones (excluding diaryl/α,β-unsaturated/α-hetero) is 2. The second-order valence-electron chi connectivity index (χ2n) is 5.10. The van der Waals surface area contributed by atoms with Crippen LogP contribution in [0.3, 0.4) is 0 Å². The monoisotopic (exact) mass is 298 g/mol. The maximum Gasteiger partial charge on any atom is 0.240 e. The van der Waals surface area contributed by atoms with Crippen LogP contribution in [0.2, 0.25) is 0 Å². The Kier molecular flexibility index (Phi) is 9.20. The summed E-state index contributed by atoms with van der Waals surface area (Å²) in [6.45, 7) is 4.96. The quantitative estimate of drug-likeness (QED) is 0.328. The Morgan fingerprint density at radius 1 is 1.14 bits per heavy atom. The number of rotatable bonds is 10. The van der Waals surface area contributed by atoms with Crippen molar-refractivity contribution in [2.75, 3.05) is 26.7 Å². The molecule has 0 aromatic rings. The number of nitrogens with two attached hydrogens (primary N) is 1. The lowest BCUT2D eigenvalue weighted by Gasteiger charge is -2.25. The fraction of sp³-hybridized carbons (Fsp3) is 0.714. The van der Waals surface area contributed by atoms with Gasteiger partial charge >= 0.3 is 0 Å². The van der Waals surface area contributed by atoms with Gasteiger partial charge in [0.1, 0.15) is 11.6 Å². The number of aliphatic imine (C=N–C) groups is 1. The van der Waals surface area contributed by atoms with Gasteiger partial charge in [-0.15, -0.1) is 0 Å². The zero-order chi connectivity index (χ0) is 16.4. The van der Waals surface area contributed by atoms with E-state index in [4.69, 9.17) is 5.73 Å². The maximum absolute atomic E-state index is 12.4. The number of carbonyl (C=O) groups is 3. The molecule has 0 aromatic heterocycles. The fourth-order valence-electron chi connectivity index (χ4n) is 1.91. The SMILES string of the molecule is CN[C@@H](CCCN=C(C)N)C(=O)N(CC(C)=O)CC(C)=O. The summed E-state index contributed by atoms with van der Waals surface area (Å²) in [5, 5.41) is 2.92. The van der Waals surface area contributed by atoms with Crippen LogP contribution in [0, 0.1) is 0 Å². The van der Waals surface area contributed by atoms with Crippen LogP contribution in [-0.2, 0) is 14.4 Å². The van der Waals surface area contributed by atoms with E-state index in [0.717, 1.165) is 0 Å². The molecule has 0 heterocycles. The minimum absolute atomic E-state index is 0.0450. The molecular weight excluding hydrogens is 272 g/mol. The van der Waals surface area contributed by atoms with Crippen molar-refractivity contribution in [1.29, 1.82) is 0 Å². The van der Waals surface area contributed by atoms with Crippen LogP contribution in [0.1, 0.15) is 33.6 Å². The van der Waals surface area contributed by atoms with E-state index in [1.807, 2.05) is 0 Å². The minimum Gasteiger partial charge on any atom is -0.388 e. The number of nitrogens with one attached hydrogen (secondary N) is 1. The van der Waals surface area contributed by atoms with Crippen LogP contribution in [-0.4, -0.2) is 60.9 Å². The highest BCUT2D eigenvalue weighted by atomic mass is 16.2. The van der Waals surface area contributed by atoms with Crippen molar-refractivity contribution in [1.82, 2.24) is 10.2 Å². The summed E-state index contributed by atoms with van der Waals surface area (Å²) in [4.78, 5) is 40.2. The average molecular weight is 298 g/mol. The number of carbonyl (C=O) groups excluding carboxylic acids is 3. The van der Waals surface area contributed by atoms with Crippen LogP contribution in [0.4, 0.5) is 0 Å². The predicted molar refractivity (Wildman–Crippen MR) is 82.2 cm³/mol. The highest BCUT2D eigenvalue weighted by Crippen LogP contribution is 2.04. The number of amidine groups is 1. The van der Waals surface area contributed by atoms with Gasteiger partial charge in [-0.05, 0) is 40.7 Å². The van der Waals surface area contributed by atoms with Crippen molar-refractivity contribution in [2.45, 2.75) is 39.7 Å². The van der Waals surface area contributed by atoms with E-state index in [0.29, 0.717) is 25.2 Å². The molecule has 7 heteroatoms. The first-order chi connectivity index (χ1) is 9.77. The van der Waals surface area contributed by atoms with Gasteiger partial charge in [-0.1, -0.05) is 0 Å². The van der Waals surface area contributed by atoms with Gasteiger partial charge in [-0.25, -0.2) is 0 Å². The molecule has 0 aliphatic rings. The third-order valence-corrected chi connectivity index (χ3v) is 2.80. The lowest BCUT2D eigenvalue weighted by Crippen LogP contribution is -2.48. The molecule has 3 N–H and O–H groups in total. The molecule has 0 saturated carbocycles. The molecule has 0 rings (SSSR count). The van der Waals surface area contributed by atoms with E-state index in [9.17, 15) is 14.4 Å². The van der Waals surface area contributed by atoms with E-state index < -0.39 is 6.04 Å². The smallest absolute Gasteiger partial charge is 0.240 e. The van der Waals surface area contributed by atoms with E-state index in [2.05, 4.69) is 10.3 Å². The Morgan fingerprint density at radius 3 is 2.05 bits per heavy atom. The van der Waals surface area contributed by atoms with Gasteiger partial charge in [0, 0.05) is 6.54 Å². The lowest BCUT2D eigenvalue weighted by molar-refractivity contribution is -0.139. The Morgan fingerprint density at radius 2 is 1.67 bits per heavy atom. The molecule has 0 fully saturated rings. The number of hydrogen-bond donors (Lipinski definition) is 2. The molecule has 7 nitrogen and oxygen atoms in total. The highest BCUT2D eigenvalue weighted by molar-refractivity contribution is 5.91. The molecule has 0 radical (unpaired) electrons. The summed E-state index contributed by atoms with van der Waals surface area (Å²) in [5.41, 5.74) is 5.44. The highest BCUT2D eigenvalue weighted by Gasteiger charge is 2.24. The van der Waals surface area contributed by atoms with Gasteiger partial charge in [0.15, 0.2) is 0 Å². The summed E-state index contributed by atoms with van der Waals surface area (Å²) >= 11 is 0. The van der Waals surface area contributed by atoms with Crippen LogP contribution in [0.5, 0.6) is 0 Å². The van der Waals surface area contributed by atoms with Gasteiger partial charge < -0.3 is 16.0 Å². The molecule has 0 saturated heterocycles. The Hall–Kier alpha value is -1.76. The van der Waals surface area contributed by atoms with Crippen molar-refractivity contribution >= 4 is 23.3 Å². The normalized spacial score (nSPS) is 12.9. The van der Waals surface area contributed by atoms with Crippen molar-refractivity contribution in [3.63, 3.8) is 0 Å². The largest absolute Gasteiger partial charge is 0.388 e. The summed E-state index contributed by atoms with van der Waals surface area (Å²) < 4.78 is 0. The zero-order valence-electron chi connectivity index (χ0n) is 13.3. The molecule has 0 aliphatic heterocycles. The zero-order valence-corrected chi connectivity index (χ0v) is 13.3. The van der Waals surface area contributed by atoms with Gasteiger partial charge in [0.2, 0.25) is 5.91 Å². The standard InChI is InChI=1S/C14H26N4O3/c1-10(19)8-18(9-11(2)20)14(21)13(16-4)6-5-7-17-12(3)15/h13,16H,5-9H2,1-4H3,(H2,15,17)/t13-/m0/s1. The van der Waals surface area contributed by atoms with Gasteiger partial charge in [-0.3, -0.25) is 19.4 Å². The predicted octanol–water partition coefficient (Wildman–Crippen LogP) is -0.262. The van der Waals surface area contributed by atoms with Gasteiger partial charge in [0.05, 0.1) is 25.0 Å². The third kappa shape index (κ3) is 8.91. The van der Waals surface area contributed by atoms with E-state index in [1.54, 1.807) is 14.0 Å². The van der Waals surface area contributed by atoms with Crippen LogP contribution >= 0.6 is 0 Å². The van der Waals surface area contributed by atoms with Gasteiger partial charge in [-0.2, -0.15) is 0 Å². The molecule has 1 amide bonds. The van der Waals surface area contributed by atoms with E-state index >= 15 is 0 Å². The second-order valence-corrected chi connectivity index (χ2v) is 5.10. The Bertz CT molecular complexity index is 387. The van der Waals surface area contributed by atoms with Crippen LogP contribution < -0.4 is 11.1 Å². The first kappa shape index (κ1) is 19.2. The number of ketones is 2. The second kappa shape index (κ2) is 10.0. The summed E-state index contributed by atoms with van der Waals surface area (Å²) in [6.07, 6.45) is 1.26. The van der Waals surface area contributed by atoms with Crippen molar-refractivity contribution < 1.29 is 14.4 Å². The molecule has 120 valence electrons. The number of likely N-dealkylation sites (N-methyl/N-ethyl adjacent to an activating group) is 1. The van der Waals surface area contributed by atoms with Crippen LogP contribution in [0.25, 0.3) is 0 Å². The average Bonchev–Trinajstić information content (AvgIpc) is 2.36. The van der Waals surface area contributed by atoms with Crippen LogP contribution in [0.15, 0.2) is 4.99 Å². The number of nitrogens with zero attached hydrogens (tertiary/aromatic N) is 2. The van der Waals surface area contributed by atoms with Gasteiger partial charge in [0.25, 0.3) is 0 Å². The summed E-state index contributed by atoms with van der Waals surface area (Å²) in [5.74, 6) is -0.0286. The molecule has 0 bridgehead atoms. The number of hydrogen-bond acceptors (Lipinski definition) is 5. The molecule has 0 spiro atoms. The van der Waals surface area contributed by atoms with Crippen molar-refractivity contribution in [3.05, 3.63) is 0 Å². The molecule has 21 heavy (non-hydrogen) atoms. The molecule has 1 atom stereocenters. The molecular formula is C14H26N4O3.